The molecule has 1 amide bonds. The van der Waals surface area contributed by atoms with Crippen LogP contribution in [-0.2, 0) is 15.6 Å². The number of rotatable bonds is 5. The van der Waals surface area contributed by atoms with Crippen molar-refractivity contribution in [3.05, 3.63) is 65.7 Å². The highest BCUT2D eigenvalue weighted by Crippen LogP contribution is 2.25. The summed E-state index contributed by atoms with van der Waals surface area (Å²) in [5.74, 6) is 0.166. The lowest BCUT2D eigenvalue weighted by Gasteiger charge is -2.39. The monoisotopic (exact) mass is 386 g/mol. The Labute approximate surface area is 161 Å². The fourth-order valence-corrected chi connectivity index (χ4v) is 5.11. The van der Waals surface area contributed by atoms with Gasteiger partial charge < -0.3 is 10.6 Å². The fourth-order valence-electron chi connectivity index (χ4n) is 3.75. The lowest BCUT2D eigenvalue weighted by atomic mass is 9.90. The number of carbonyl (C=O) groups excluding carboxylic acids is 1. The summed E-state index contributed by atoms with van der Waals surface area (Å²) >= 11 is 0. The Kier molecular flexibility index (Phi) is 5.97. The van der Waals surface area contributed by atoms with Gasteiger partial charge in [-0.25, -0.2) is 8.42 Å². The lowest BCUT2D eigenvalue weighted by molar-refractivity contribution is 0.0532. The average Bonchev–Trinajstić information content (AvgIpc) is 2.68. The molecule has 2 aromatic rings. The van der Waals surface area contributed by atoms with Crippen LogP contribution in [0.5, 0.6) is 0 Å². The van der Waals surface area contributed by atoms with Crippen molar-refractivity contribution >= 4 is 15.7 Å². The number of nitrogens with two attached hydrogens (primary N) is 1. The summed E-state index contributed by atoms with van der Waals surface area (Å²) in [6.07, 6.45) is 2.03. The van der Waals surface area contributed by atoms with E-state index in [9.17, 15) is 13.2 Å². The van der Waals surface area contributed by atoms with Gasteiger partial charge in [-0.2, -0.15) is 0 Å². The summed E-state index contributed by atoms with van der Waals surface area (Å²) < 4.78 is 25.2. The largest absolute Gasteiger partial charge is 0.334 e. The smallest absolute Gasteiger partial charge is 0.254 e. The minimum absolute atomic E-state index is 0.0305. The van der Waals surface area contributed by atoms with Gasteiger partial charge in [-0.1, -0.05) is 37.3 Å². The Bertz CT molecular complexity index is 897. The normalized spacial score (nSPS) is 20.4. The minimum Gasteiger partial charge on any atom is -0.334 e. The van der Waals surface area contributed by atoms with E-state index in [1.165, 1.54) is 0 Å². The van der Waals surface area contributed by atoms with Gasteiger partial charge in [0.1, 0.15) is 0 Å². The molecule has 0 spiro atoms. The SMILES string of the molecule is C[C@H]1CCCN(C(=O)c2cccc(CS(=O)(=O)c3ccccc3)c2)[C@H]1CN. The Morgan fingerprint density at radius 2 is 1.89 bits per heavy atom. The predicted octanol–water partition coefficient (Wildman–Crippen LogP) is 2.86. The van der Waals surface area contributed by atoms with E-state index >= 15 is 0 Å². The maximum Gasteiger partial charge on any atom is 0.254 e. The van der Waals surface area contributed by atoms with Crippen LogP contribution in [0.4, 0.5) is 0 Å². The second kappa shape index (κ2) is 8.23. The molecular weight excluding hydrogens is 360 g/mol. The molecule has 6 heteroatoms. The fraction of sp³-hybridized carbons (Fsp3) is 0.381. The molecule has 144 valence electrons. The number of carbonyl (C=O) groups is 1. The van der Waals surface area contributed by atoms with E-state index < -0.39 is 9.84 Å². The number of hydrogen-bond donors (Lipinski definition) is 1. The highest BCUT2D eigenvalue weighted by molar-refractivity contribution is 7.90. The van der Waals surface area contributed by atoms with Gasteiger partial charge >= 0.3 is 0 Å². The van der Waals surface area contributed by atoms with E-state index in [4.69, 9.17) is 5.73 Å². The number of nitrogens with zero attached hydrogens (tertiary/aromatic N) is 1. The van der Waals surface area contributed by atoms with Gasteiger partial charge in [0.05, 0.1) is 10.6 Å². The molecular formula is C21H26N2O3S. The number of hydrogen-bond acceptors (Lipinski definition) is 4. The summed E-state index contributed by atoms with van der Waals surface area (Å²) in [5.41, 5.74) is 7.03. The Balaban J connectivity index is 1.82. The Morgan fingerprint density at radius 1 is 1.15 bits per heavy atom. The van der Waals surface area contributed by atoms with E-state index in [0.717, 1.165) is 12.8 Å². The van der Waals surface area contributed by atoms with Gasteiger partial charge in [-0.3, -0.25) is 4.79 Å². The third-order valence-corrected chi connectivity index (χ3v) is 6.95. The van der Waals surface area contributed by atoms with Gasteiger partial charge in [0.2, 0.25) is 0 Å². The maximum absolute atomic E-state index is 13.0. The minimum atomic E-state index is -3.45. The molecule has 1 heterocycles. The first-order valence-electron chi connectivity index (χ1n) is 9.30. The van der Waals surface area contributed by atoms with Crippen molar-refractivity contribution in [2.24, 2.45) is 11.7 Å². The van der Waals surface area contributed by atoms with Crippen molar-refractivity contribution in [1.82, 2.24) is 4.90 Å². The van der Waals surface area contributed by atoms with Gasteiger partial charge in [0.25, 0.3) is 5.91 Å². The first-order chi connectivity index (χ1) is 12.9. The van der Waals surface area contributed by atoms with Gasteiger partial charge in [-0.15, -0.1) is 0 Å². The van der Waals surface area contributed by atoms with Crippen molar-refractivity contribution < 1.29 is 13.2 Å². The number of piperidine rings is 1. The van der Waals surface area contributed by atoms with Crippen LogP contribution in [0, 0.1) is 5.92 Å². The summed E-state index contributed by atoms with van der Waals surface area (Å²) in [5, 5.41) is 0. The molecule has 2 aromatic carbocycles. The van der Waals surface area contributed by atoms with Gasteiger partial charge in [0.15, 0.2) is 9.84 Å². The van der Waals surface area contributed by atoms with Crippen LogP contribution in [-0.4, -0.2) is 38.4 Å². The van der Waals surface area contributed by atoms with E-state index in [-0.39, 0.29) is 22.6 Å². The average molecular weight is 387 g/mol. The molecule has 0 saturated carbocycles. The van der Waals surface area contributed by atoms with E-state index in [1.54, 1.807) is 54.6 Å². The molecule has 0 radical (unpaired) electrons. The van der Waals surface area contributed by atoms with Crippen molar-refractivity contribution in [2.75, 3.05) is 13.1 Å². The molecule has 0 unspecified atom stereocenters. The number of likely N-dealkylation sites (tertiary alicyclic amines) is 1. The third-order valence-electron chi connectivity index (χ3n) is 5.25. The Morgan fingerprint density at radius 3 is 2.59 bits per heavy atom. The van der Waals surface area contributed by atoms with Crippen LogP contribution in [0.15, 0.2) is 59.5 Å². The predicted molar refractivity (Wildman–Crippen MR) is 106 cm³/mol. The van der Waals surface area contributed by atoms with Crippen molar-refractivity contribution in [3.8, 4) is 0 Å². The highest BCUT2D eigenvalue weighted by atomic mass is 32.2. The molecule has 1 fully saturated rings. The number of benzene rings is 2. The number of sulfone groups is 1. The van der Waals surface area contributed by atoms with Crippen LogP contribution in [0.1, 0.15) is 35.7 Å². The molecule has 5 nitrogen and oxygen atoms in total. The van der Waals surface area contributed by atoms with Crippen LogP contribution in [0.25, 0.3) is 0 Å². The summed E-state index contributed by atoms with van der Waals surface area (Å²) in [7, 11) is -3.45. The first kappa shape index (κ1) is 19.6. The second-order valence-corrected chi connectivity index (χ2v) is 9.18. The molecule has 1 aliphatic heterocycles. The molecule has 1 saturated heterocycles. The van der Waals surface area contributed by atoms with Crippen LogP contribution in [0.3, 0.4) is 0 Å². The zero-order valence-electron chi connectivity index (χ0n) is 15.5. The van der Waals surface area contributed by atoms with Crippen LogP contribution >= 0.6 is 0 Å². The first-order valence-corrected chi connectivity index (χ1v) is 11.0. The molecule has 3 rings (SSSR count). The third kappa shape index (κ3) is 4.39. The highest BCUT2D eigenvalue weighted by Gasteiger charge is 2.31. The van der Waals surface area contributed by atoms with Crippen molar-refractivity contribution in [3.63, 3.8) is 0 Å². The topological polar surface area (TPSA) is 80.5 Å². The molecule has 2 N–H and O–H groups in total. The van der Waals surface area contributed by atoms with Gasteiger partial charge in [0, 0.05) is 24.7 Å². The van der Waals surface area contributed by atoms with E-state index in [2.05, 4.69) is 6.92 Å². The standard InChI is InChI=1S/C21H26N2O3S/c1-16-7-6-12-23(20(16)14-22)21(24)18-9-5-8-17(13-18)15-27(25,26)19-10-3-2-4-11-19/h2-5,8-11,13,16,20H,6-7,12,14-15,22H2,1H3/t16-,20-/m0/s1. The summed E-state index contributed by atoms with van der Waals surface area (Å²) in [6, 6.07) is 15.3. The molecule has 0 aliphatic carbocycles. The summed E-state index contributed by atoms with van der Waals surface area (Å²) in [4.78, 5) is 15.2. The molecule has 27 heavy (non-hydrogen) atoms. The van der Waals surface area contributed by atoms with Gasteiger partial charge in [-0.05, 0) is 48.6 Å². The van der Waals surface area contributed by atoms with Crippen molar-refractivity contribution in [2.45, 2.75) is 36.5 Å². The van der Waals surface area contributed by atoms with E-state index in [0.29, 0.717) is 30.1 Å². The zero-order chi connectivity index (χ0) is 19.4. The molecule has 1 aliphatic rings. The molecule has 0 bridgehead atoms. The summed E-state index contributed by atoms with van der Waals surface area (Å²) in [6.45, 7) is 3.26. The quantitative estimate of drug-likeness (QED) is 0.857. The van der Waals surface area contributed by atoms with Crippen molar-refractivity contribution in [1.29, 1.82) is 0 Å². The second-order valence-electron chi connectivity index (χ2n) is 7.19. The van der Waals surface area contributed by atoms with Crippen LogP contribution in [0.2, 0.25) is 0 Å². The van der Waals surface area contributed by atoms with E-state index in [1.807, 2.05) is 4.90 Å². The number of amides is 1. The lowest BCUT2D eigenvalue weighted by Crippen LogP contribution is -2.51. The molecule has 2 atom stereocenters. The molecule has 0 aromatic heterocycles. The van der Waals surface area contributed by atoms with Crippen LogP contribution < -0.4 is 5.73 Å². The maximum atomic E-state index is 13.0. The Hall–Kier alpha value is -2.18. The zero-order valence-corrected chi connectivity index (χ0v) is 16.4.